The zero-order valence-corrected chi connectivity index (χ0v) is 11.4. The molecule has 1 N–H and O–H groups in total. The molecule has 0 spiro atoms. The van der Waals surface area contributed by atoms with Crippen LogP contribution in [-0.4, -0.2) is 15.7 Å². The molecule has 0 aromatic carbocycles. The molecule has 100 valence electrons. The standard InChI is InChI=1S/C14H23N3O/c1-3-17-13(10-11(2)16-17)15-14(18)9-8-12-6-4-5-7-12/h10,12H,3-9H2,1-2H3,(H,15,18). The van der Waals surface area contributed by atoms with Gasteiger partial charge in [0.1, 0.15) is 5.82 Å². The molecule has 1 aromatic rings. The van der Waals surface area contributed by atoms with Gasteiger partial charge >= 0.3 is 0 Å². The number of anilines is 1. The summed E-state index contributed by atoms with van der Waals surface area (Å²) in [6.07, 6.45) is 6.96. The van der Waals surface area contributed by atoms with Crippen molar-refractivity contribution in [3.8, 4) is 0 Å². The van der Waals surface area contributed by atoms with Crippen molar-refractivity contribution in [2.45, 2.75) is 58.9 Å². The molecule has 0 bridgehead atoms. The maximum Gasteiger partial charge on any atom is 0.225 e. The van der Waals surface area contributed by atoms with E-state index >= 15 is 0 Å². The highest BCUT2D eigenvalue weighted by molar-refractivity contribution is 5.89. The summed E-state index contributed by atoms with van der Waals surface area (Å²) in [4.78, 5) is 11.9. The molecule has 1 aromatic heterocycles. The van der Waals surface area contributed by atoms with E-state index in [1.165, 1.54) is 25.7 Å². The van der Waals surface area contributed by atoms with Gasteiger partial charge in [0.05, 0.1) is 5.69 Å². The minimum absolute atomic E-state index is 0.122. The number of aryl methyl sites for hydroxylation is 2. The van der Waals surface area contributed by atoms with Gasteiger partial charge in [-0.05, 0) is 26.2 Å². The quantitative estimate of drug-likeness (QED) is 0.871. The Labute approximate surface area is 109 Å². The number of hydrogen-bond acceptors (Lipinski definition) is 2. The molecule has 0 saturated heterocycles. The van der Waals surface area contributed by atoms with Gasteiger partial charge in [-0.15, -0.1) is 0 Å². The monoisotopic (exact) mass is 249 g/mol. The molecular formula is C14H23N3O. The van der Waals surface area contributed by atoms with Crippen molar-refractivity contribution < 1.29 is 4.79 Å². The second kappa shape index (κ2) is 6.03. The van der Waals surface area contributed by atoms with E-state index in [1.807, 2.05) is 24.6 Å². The van der Waals surface area contributed by atoms with Gasteiger partial charge in [-0.3, -0.25) is 4.79 Å². The smallest absolute Gasteiger partial charge is 0.225 e. The van der Waals surface area contributed by atoms with Crippen molar-refractivity contribution in [1.29, 1.82) is 0 Å². The van der Waals surface area contributed by atoms with Gasteiger partial charge in [0, 0.05) is 19.0 Å². The topological polar surface area (TPSA) is 46.9 Å². The molecule has 1 saturated carbocycles. The molecule has 1 amide bonds. The molecule has 0 unspecified atom stereocenters. The maximum atomic E-state index is 11.9. The third-order valence-electron chi connectivity index (χ3n) is 3.72. The fourth-order valence-corrected chi connectivity index (χ4v) is 2.73. The SMILES string of the molecule is CCn1nc(C)cc1NC(=O)CCC1CCCC1. The van der Waals surface area contributed by atoms with Crippen molar-refractivity contribution in [2.24, 2.45) is 5.92 Å². The van der Waals surface area contributed by atoms with Gasteiger partial charge in [0.25, 0.3) is 0 Å². The molecule has 4 heteroatoms. The van der Waals surface area contributed by atoms with E-state index in [0.717, 1.165) is 30.4 Å². The van der Waals surface area contributed by atoms with E-state index < -0.39 is 0 Å². The second-order valence-electron chi connectivity index (χ2n) is 5.22. The summed E-state index contributed by atoms with van der Waals surface area (Å²) < 4.78 is 1.84. The Bertz CT molecular complexity index is 405. The molecule has 1 aliphatic carbocycles. The van der Waals surface area contributed by atoms with E-state index in [4.69, 9.17) is 0 Å². The van der Waals surface area contributed by atoms with Crippen LogP contribution in [0.3, 0.4) is 0 Å². The van der Waals surface area contributed by atoms with Crippen molar-refractivity contribution in [3.63, 3.8) is 0 Å². The summed E-state index contributed by atoms with van der Waals surface area (Å²) in [5.74, 6) is 1.72. The first-order valence-corrected chi connectivity index (χ1v) is 7.03. The van der Waals surface area contributed by atoms with Gasteiger partial charge in [-0.25, -0.2) is 4.68 Å². The predicted octanol–water partition coefficient (Wildman–Crippen LogP) is 3.12. The first-order valence-electron chi connectivity index (χ1n) is 7.03. The average Bonchev–Trinajstić information content (AvgIpc) is 2.96. The molecule has 4 nitrogen and oxygen atoms in total. The second-order valence-corrected chi connectivity index (χ2v) is 5.22. The lowest BCUT2D eigenvalue weighted by molar-refractivity contribution is -0.116. The molecule has 2 rings (SSSR count). The van der Waals surface area contributed by atoms with Crippen LogP contribution in [0.5, 0.6) is 0 Å². The summed E-state index contributed by atoms with van der Waals surface area (Å²) in [6, 6.07) is 1.93. The maximum absolute atomic E-state index is 11.9. The van der Waals surface area contributed by atoms with E-state index in [1.54, 1.807) is 0 Å². The highest BCUT2D eigenvalue weighted by Gasteiger charge is 2.16. The summed E-state index contributed by atoms with van der Waals surface area (Å²) in [5, 5.41) is 7.29. The molecular weight excluding hydrogens is 226 g/mol. The summed E-state index contributed by atoms with van der Waals surface area (Å²) in [7, 11) is 0. The summed E-state index contributed by atoms with van der Waals surface area (Å²) >= 11 is 0. The van der Waals surface area contributed by atoms with Crippen LogP contribution in [0.25, 0.3) is 0 Å². The van der Waals surface area contributed by atoms with E-state index in [-0.39, 0.29) is 5.91 Å². The fraction of sp³-hybridized carbons (Fsp3) is 0.714. The third kappa shape index (κ3) is 3.34. The lowest BCUT2D eigenvalue weighted by Gasteiger charge is -2.09. The van der Waals surface area contributed by atoms with Crippen LogP contribution in [0.4, 0.5) is 5.82 Å². The number of rotatable bonds is 5. The molecule has 1 heterocycles. The molecule has 0 atom stereocenters. The van der Waals surface area contributed by atoms with Crippen LogP contribution >= 0.6 is 0 Å². The van der Waals surface area contributed by atoms with Gasteiger partial charge in [-0.1, -0.05) is 25.7 Å². The number of carbonyl (C=O) groups excluding carboxylic acids is 1. The first kappa shape index (κ1) is 13.1. The zero-order chi connectivity index (χ0) is 13.0. The van der Waals surface area contributed by atoms with Crippen LogP contribution < -0.4 is 5.32 Å². The Morgan fingerprint density at radius 2 is 2.22 bits per heavy atom. The third-order valence-corrected chi connectivity index (χ3v) is 3.72. The van der Waals surface area contributed by atoms with Gasteiger partial charge in [-0.2, -0.15) is 5.10 Å². The van der Waals surface area contributed by atoms with Crippen LogP contribution in [0.1, 0.15) is 51.1 Å². The molecule has 18 heavy (non-hydrogen) atoms. The van der Waals surface area contributed by atoms with Gasteiger partial charge < -0.3 is 5.32 Å². The van der Waals surface area contributed by atoms with Gasteiger partial charge in [0.15, 0.2) is 0 Å². The molecule has 0 radical (unpaired) electrons. The Kier molecular flexibility index (Phi) is 4.39. The Morgan fingerprint density at radius 3 is 2.89 bits per heavy atom. The van der Waals surface area contributed by atoms with Crippen LogP contribution in [0.2, 0.25) is 0 Å². The minimum atomic E-state index is 0.122. The van der Waals surface area contributed by atoms with Gasteiger partial charge in [0.2, 0.25) is 5.91 Å². The number of hydrogen-bond donors (Lipinski definition) is 1. The Morgan fingerprint density at radius 1 is 1.50 bits per heavy atom. The molecule has 1 aliphatic rings. The fourth-order valence-electron chi connectivity index (χ4n) is 2.73. The highest BCUT2D eigenvalue weighted by atomic mass is 16.1. The number of carbonyl (C=O) groups is 1. The van der Waals surface area contributed by atoms with E-state index in [2.05, 4.69) is 10.4 Å². The number of nitrogens with one attached hydrogen (secondary N) is 1. The lowest BCUT2D eigenvalue weighted by atomic mass is 10.0. The summed E-state index contributed by atoms with van der Waals surface area (Å²) in [5.41, 5.74) is 0.947. The van der Waals surface area contributed by atoms with E-state index in [0.29, 0.717) is 6.42 Å². The largest absolute Gasteiger partial charge is 0.311 e. The first-order chi connectivity index (χ1) is 8.69. The lowest BCUT2D eigenvalue weighted by Crippen LogP contribution is -2.15. The number of aromatic nitrogens is 2. The zero-order valence-electron chi connectivity index (χ0n) is 11.4. The number of amides is 1. The minimum Gasteiger partial charge on any atom is -0.311 e. The van der Waals surface area contributed by atoms with Crippen molar-refractivity contribution in [1.82, 2.24) is 9.78 Å². The normalized spacial score (nSPS) is 16.1. The molecule has 0 aliphatic heterocycles. The van der Waals surface area contributed by atoms with Crippen molar-refractivity contribution >= 4 is 11.7 Å². The summed E-state index contributed by atoms with van der Waals surface area (Å²) in [6.45, 7) is 4.76. The van der Waals surface area contributed by atoms with Crippen molar-refractivity contribution in [2.75, 3.05) is 5.32 Å². The average molecular weight is 249 g/mol. The van der Waals surface area contributed by atoms with Crippen LogP contribution in [0.15, 0.2) is 6.07 Å². The Hall–Kier alpha value is -1.32. The number of nitrogens with zero attached hydrogens (tertiary/aromatic N) is 2. The van der Waals surface area contributed by atoms with E-state index in [9.17, 15) is 4.79 Å². The Balaban J connectivity index is 1.82. The van der Waals surface area contributed by atoms with Crippen LogP contribution in [-0.2, 0) is 11.3 Å². The van der Waals surface area contributed by atoms with Crippen LogP contribution in [0, 0.1) is 12.8 Å². The highest BCUT2D eigenvalue weighted by Crippen LogP contribution is 2.28. The van der Waals surface area contributed by atoms with Crippen molar-refractivity contribution in [3.05, 3.63) is 11.8 Å². The molecule has 1 fully saturated rings. The predicted molar refractivity (Wildman–Crippen MR) is 72.5 cm³/mol.